The molecule has 14 heavy (non-hydrogen) atoms. The molecular formula is C9H13BrN2OS. The summed E-state index contributed by atoms with van der Waals surface area (Å²) >= 11 is 4.75. The van der Waals surface area contributed by atoms with Crippen molar-refractivity contribution in [2.45, 2.75) is 13.8 Å². The van der Waals surface area contributed by atoms with Gasteiger partial charge in [-0.1, -0.05) is 22.9 Å². The first-order valence-corrected chi connectivity index (χ1v) is 6.39. The van der Waals surface area contributed by atoms with E-state index >= 15 is 0 Å². The van der Waals surface area contributed by atoms with Crippen molar-refractivity contribution < 1.29 is 4.79 Å². The summed E-state index contributed by atoms with van der Waals surface area (Å²) in [5.41, 5.74) is 2.50. The summed E-state index contributed by atoms with van der Waals surface area (Å²) in [5, 5.41) is 3.78. The molecule has 5 heteroatoms. The average molecular weight is 277 g/mol. The topological polar surface area (TPSA) is 42.0 Å². The van der Waals surface area contributed by atoms with Crippen LogP contribution in [0.1, 0.15) is 22.3 Å². The standard InChI is InChI=1S/C9H13BrN2OS/c1-6(3-10)4-11-9(13)8-7(2)12-5-14-8/h5-6H,3-4H2,1-2H3,(H,11,13). The summed E-state index contributed by atoms with van der Waals surface area (Å²) in [7, 11) is 0. The van der Waals surface area contributed by atoms with E-state index in [0.29, 0.717) is 17.3 Å². The maximum absolute atomic E-state index is 11.6. The largest absolute Gasteiger partial charge is 0.351 e. The molecule has 0 bridgehead atoms. The lowest BCUT2D eigenvalue weighted by atomic mass is 10.2. The summed E-state index contributed by atoms with van der Waals surface area (Å²) in [4.78, 5) is 16.3. The normalized spacial score (nSPS) is 12.5. The van der Waals surface area contributed by atoms with Crippen molar-refractivity contribution in [2.75, 3.05) is 11.9 Å². The lowest BCUT2D eigenvalue weighted by Gasteiger charge is -2.08. The van der Waals surface area contributed by atoms with E-state index < -0.39 is 0 Å². The number of aromatic nitrogens is 1. The second-order valence-electron chi connectivity index (χ2n) is 3.24. The molecule has 3 nitrogen and oxygen atoms in total. The van der Waals surface area contributed by atoms with Gasteiger partial charge in [0.15, 0.2) is 0 Å². The van der Waals surface area contributed by atoms with Crippen molar-refractivity contribution in [3.63, 3.8) is 0 Å². The van der Waals surface area contributed by atoms with Crippen molar-refractivity contribution in [3.05, 3.63) is 16.1 Å². The van der Waals surface area contributed by atoms with E-state index in [2.05, 4.69) is 33.2 Å². The zero-order valence-corrected chi connectivity index (χ0v) is 10.6. The van der Waals surface area contributed by atoms with Gasteiger partial charge in [-0.25, -0.2) is 4.98 Å². The van der Waals surface area contributed by atoms with Gasteiger partial charge in [-0.2, -0.15) is 0 Å². The summed E-state index contributed by atoms with van der Waals surface area (Å²) in [6.45, 7) is 4.62. The monoisotopic (exact) mass is 276 g/mol. The molecule has 1 N–H and O–H groups in total. The fourth-order valence-electron chi connectivity index (χ4n) is 0.922. The highest BCUT2D eigenvalue weighted by atomic mass is 79.9. The zero-order chi connectivity index (χ0) is 10.6. The molecule has 1 aromatic heterocycles. The summed E-state index contributed by atoms with van der Waals surface area (Å²) < 4.78 is 0. The van der Waals surface area contributed by atoms with E-state index in [4.69, 9.17) is 0 Å². The van der Waals surface area contributed by atoms with E-state index in [-0.39, 0.29) is 5.91 Å². The van der Waals surface area contributed by atoms with Crippen molar-refractivity contribution in [1.82, 2.24) is 10.3 Å². The van der Waals surface area contributed by atoms with E-state index in [0.717, 1.165) is 11.0 Å². The molecule has 0 aromatic carbocycles. The molecular weight excluding hydrogens is 264 g/mol. The summed E-state index contributed by atoms with van der Waals surface area (Å²) in [5.74, 6) is 0.435. The third-order valence-electron chi connectivity index (χ3n) is 1.83. The Balaban J connectivity index is 2.47. The first-order valence-electron chi connectivity index (χ1n) is 4.39. The Hall–Kier alpha value is -0.420. The molecule has 1 amide bonds. The Morgan fingerprint density at radius 1 is 1.79 bits per heavy atom. The Morgan fingerprint density at radius 2 is 2.50 bits per heavy atom. The number of thiazole rings is 1. The van der Waals surface area contributed by atoms with Gasteiger partial charge in [-0.15, -0.1) is 11.3 Å². The van der Waals surface area contributed by atoms with Gasteiger partial charge in [0.25, 0.3) is 5.91 Å². The van der Waals surface area contributed by atoms with Crippen LogP contribution in [0.25, 0.3) is 0 Å². The number of halogens is 1. The van der Waals surface area contributed by atoms with Gasteiger partial charge in [0.05, 0.1) is 11.2 Å². The molecule has 1 atom stereocenters. The summed E-state index contributed by atoms with van der Waals surface area (Å²) in [6.07, 6.45) is 0. The third kappa shape index (κ3) is 3.06. The van der Waals surface area contributed by atoms with Crippen LogP contribution in [0.4, 0.5) is 0 Å². The fraction of sp³-hybridized carbons (Fsp3) is 0.556. The maximum Gasteiger partial charge on any atom is 0.263 e. The van der Waals surface area contributed by atoms with Gasteiger partial charge in [-0.05, 0) is 12.8 Å². The molecule has 0 spiro atoms. The number of rotatable bonds is 4. The van der Waals surface area contributed by atoms with Gasteiger partial charge in [-0.3, -0.25) is 4.79 Å². The van der Waals surface area contributed by atoms with Crippen molar-refractivity contribution in [2.24, 2.45) is 5.92 Å². The minimum Gasteiger partial charge on any atom is -0.351 e. The molecule has 0 aliphatic heterocycles. The highest BCUT2D eigenvalue weighted by molar-refractivity contribution is 9.09. The van der Waals surface area contributed by atoms with Crippen molar-refractivity contribution >= 4 is 33.2 Å². The Labute approximate surface area is 96.1 Å². The minimum atomic E-state index is -0.0159. The number of aryl methyl sites for hydroxylation is 1. The number of alkyl halides is 1. The first kappa shape index (κ1) is 11.7. The van der Waals surface area contributed by atoms with Gasteiger partial charge in [0, 0.05) is 11.9 Å². The molecule has 1 rings (SSSR count). The molecule has 0 fully saturated rings. The Bertz CT molecular complexity index is 314. The number of amides is 1. The predicted octanol–water partition coefficient (Wildman–Crippen LogP) is 2.21. The number of nitrogens with zero attached hydrogens (tertiary/aromatic N) is 1. The van der Waals surface area contributed by atoms with Crippen LogP contribution in [0.15, 0.2) is 5.51 Å². The predicted molar refractivity (Wildman–Crippen MR) is 62.1 cm³/mol. The lowest BCUT2D eigenvalue weighted by Crippen LogP contribution is -2.28. The fourth-order valence-corrected chi connectivity index (χ4v) is 1.87. The highest BCUT2D eigenvalue weighted by Gasteiger charge is 2.11. The van der Waals surface area contributed by atoms with Crippen LogP contribution in [-0.4, -0.2) is 22.8 Å². The molecule has 0 saturated heterocycles. The van der Waals surface area contributed by atoms with E-state index in [9.17, 15) is 4.79 Å². The number of carbonyl (C=O) groups is 1. The molecule has 0 aliphatic carbocycles. The Kier molecular flexibility index (Phi) is 4.54. The highest BCUT2D eigenvalue weighted by Crippen LogP contribution is 2.11. The van der Waals surface area contributed by atoms with Crippen molar-refractivity contribution in [1.29, 1.82) is 0 Å². The minimum absolute atomic E-state index is 0.0159. The van der Waals surface area contributed by atoms with Crippen LogP contribution < -0.4 is 5.32 Å². The second kappa shape index (κ2) is 5.46. The molecule has 0 aliphatic rings. The van der Waals surface area contributed by atoms with Gasteiger partial charge < -0.3 is 5.32 Å². The smallest absolute Gasteiger partial charge is 0.263 e. The van der Waals surface area contributed by atoms with Crippen LogP contribution >= 0.6 is 27.3 Å². The van der Waals surface area contributed by atoms with Crippen molar-refractivity contribution in [3.8, 4) is 0 Å². The van der Waals surface area contributed by atoms with Gasteiger partial charge in [0.2, 0.25) is 0 Å². The molecule has 78 valence electrons. The van der Waals surface area contributed by atoms with Crippen LogP contribution in [0, 0.1) is 12.8 Å². The SMILES string of the molecule is Cc1ncsc1C(=O)NCC(C)CBr. The van der Waals surface area contributed by atoms with E-state index in [1.54, 1.807) is 5.51 Å². The molecule has 0 saturated carbocycles. The van der Waals surface area contributed by atoms with Crippen LogP contribution in [0.5, 0.6) is 0 Å². The van der Waals surface area contributed by atoms with Crippen LogP contribution in [0.3, 0.4) is 0 Å². The number of hydrogen-bond donors (Lipinski definition) is 1. The molecule has 0 radical (unpaired) electrons. The number of nitrogens with one attached hydrogen (secondary N) is 1. The maximum atomic E-state index is 11.6. The third-order valence-corrected chi connectivity index (χ3v) is 3.86. The number of hydrogen-bond acceptors (Lipinski definition) is 3. The lowest BCUT2D eigenvalue weighted by molar-refractivity contribution is 0.0952. The van der Waals surface area contributed by atoms with Crippen LogP contribution in [-0.2, 0) is 0 Å². The first-order chi connectivity index (χ1) is 6.65. The van der Waals surface area contributed by atoms with E-state index in [1.807, 2.05) is 6.92 Å². The molecule has 1 heterocycles. The van der Waals surface area contributed by atoms with E-state index in [1.165, 1.54) is 11.3 Å². The van der Waals surface area contributed by atoms with Gasteiger partial charge >= 0.3 is 0 Å². The molecule has 1 unspecified atom stereocenters. The summed E-state index contributed by atoms with van der Waals surface area (Å²) in [6, 6.07) is 0. The Morgan fingerprint density at radius 3 is 3.00 bits per heavy atom. The molecule has 1 aromatic rings. The zero-order valence-electron chi connectivity index (χ0n) is 8.21. The second-order valence-corrected chi connectivity index (χ2v) is 4.74. The number of carbonyl (C=O) groups excluding carboxylic acids is 1. The average Bonchev–Trinajstić information content (AvgIpc) is 2.60. The van der Waals surface area contributed by atoms with Gasteiger partial charge in [0.1, 0.15) is 4.88 Å². The van der Waals surface area contributed by atoms with Crippen LogP contribution in [0.2, 0.25) is 0 Å². The quantitative estimate of drug-likeness (QED) is 0.857.